The molecular weight excluding hydrogens is 296 g/mol. The first-order chi connectivity index (χ1) is 10.1. The second-order valence-corrected chi connectivity index (χ2v) is 5.03. The van der Waals surface area contributed by atoms with Crippen LogP contribution in [0.5, 0.6) is 11.5 Å². The van der Waals surface area contributed by atoms with Crippen LogP contribution in [0.2, 0.25) is 0 Å². The number of fused-ring (bicyclic) bond motifs is 1. The van der Waals surface area contributed by atoms with Crippen LogP contribution in [0.4, 0.5) is 15.5 Å². The zero-order chi connectivity index (χ0) is 14.8. The zero-order valence-electron chi connectivity index (χ0n) is 10.6. The number of hydrogen-bond donors (Lipinski definition) is 3. The third kappa shape index (κ3) is 2.75. The van der Waals surface area contributed by atoms with Gasteiger partial charge in [0.15, 0.2) is 11.5 Å². The van der Waals surface area contributed by atoms with Gasteiger partial charge in [-0.15, -0.1) is 11.3 Å². The normalized spacial score (nSPS) is 12.0. The summed E-state index contributed by atoms with van der Waals surface area (Å²) in [7, 11) is 0. The Bertz CT molecular complexity index is 712. The van der Waals surface area contributed by atoms with Gasteiger partial charge in [0.25, 0.3) is 0 Å². The Labute approximate surface area is 123 Å². The molecule has 0 atom stereocenters. The van der Waals surface area contributed by atoms with E-state index in [4.69, 9.17) is 14.6 Å². The summed E-state index contributed by atoms with van der Waals surface area (Å²) >= 11 is 1.14. The van der Waals surface area contributed by atoms with Crippen molar-refractivity contribution in [3.05, 3.63) is 35.2 Å². The average molecular weight is 306 g/mol. The Hall–Kier alpha value is -2.74. The number of urea groups is 1. The predicted molar refractivity (Wildman–Crippen MR) is 76.5 cm³/mol. The molecular formula is C13H10N2O5S. The summed E-state index contributed by atoms with van der Waals surface area (Å²) in [5, 5.41) is 16.0. The summed E-state index contributed by atoms with van der Waals surface area (Å²) < 4.78 is 10.4. The molecule has 2 aromatic rings. The molecule has 0 bridgehead atoms. The van der Waals surface area contributed by atoms with E-state index in [1.807, 2.05) is 0 Å². The van der Waals surface area contributed by atoms with Gasteiger partial charge in [0.1, 0.15) is 5.00 Å². The Balaban J connectivity index is 1.69. The van der Waals surface area contributed by atoms with Gasteiger partial charge in [0.2, 0.25) is 6.79 Å². The van der Waals surface area contributed by atoms with Crippen LogP contribution in [0.3, 0.4) is 0 Å². The second kappa shape index (κ2) is 5.33. The standard InChI is InChI=1S/C13H10N2O5S/c16-12(17)8-3-4-21-11(8)15-13(18)14-7-1-2-9-10(5-7)20-6-19-9/h1-5H,6H2,(H,16,17)(H2,14,15,18). The fourth-order valence-electron chi connectivity index (χ4n) is 1.81. The lowest BCUT2D eigenvalue weighted by Gasteiger charge is -2.07. The fraction of sp³-hybridized carbons (Fsp3) is 0.0769. The Kier molecular flexibility index (Phi) is 3.36. The van der Waals surface area contributed by atoms with Crippen molar-refractivity contribution >= 4 is 34.0 Å². The number of nitrogens with one attached hydrogen (secondary N) is 2. The number of ether oxygens (including phenoxy) is 2. The molecule has 0 saturated heterocycles. The van der Waals surface area contributed by atoms with Crippen LogP contribution < -0.4 is 20.1 Å². The third-order valence-corrected chi connectivity index (χ3v) is 3.58. The number of hydrogen-bond acceptors (Lipinski definition) is 5. The van der Waals surface area contributed by atoms with E-state index in [2.05, 4.69) is 10.6 Å². The Morgan fingerprint density at radius 3 is 2.76 bits per heavy atom. The molecule has 0 fully saturated rings. The highest BCUT2D eigenvalue weighted by Crippen LogP contribution is 2.34. The van der Waals surface area contributed by atoms with Crippen molar-refractivity contribution in [1.29, 1.82) is 0 Å². The number of anilines is 2. The maximum Gasteiger partial charge on any atom is 0.338 e. The molecule has 0 saturated carbocycles. The summed E-state index contributed by atoms with van der Waals surface area (Å²) in [6.07, 6.45) is 0. The van der Waals surface area contributed by atoms with Crippen molar-refractivity contribution in [2.24, 2.45) is 0 Å². The minimum absolute atomic E-state index is 0.0563. The zero-order valence-corrected chi connectivity index (χ0v) is 11.4. The second-order valence-electron chi connectivity index (χ2n) is 4.12. The van der Waals surface area contributed by atoms with E-state index in [-0.39, 0.29) is 17.4 Å². The topological polar surface area (TPSA) is 96.9 Å². The smallest absolute Gasteiger partial charge is 0.338 e. The first-order valence-electron chi connectivity index (χ1n) is 5.92. The molecule has 1 aliphatic heterocycles. The summed E-state index contributed by atoms with van der Waals surface area (Å²) in [6, 6.07) is 5.89. The van der Waals surface area contributed by atoms with E-state index < -0.39 is 12.0 Å². The van der Waals surface area contributed by atoms with E-state index in [9.17, 15) is 9.59 Å². The van der Waals surface area contributed by atoms with Crippen LogP contribution in [0.15, 0.2) is 29.6 Å². The largest absolute Gasteiger partial charge is 0.478 e. The van der Waals surface area contributed by atoms with E-state index in [1.165, 1.54) is 6.07 Å². The lowest BCUT2D eigenvalue weighted by molar-refractivity contribution is 0.0698. The van der Waals surface area contributed by atoms with Crippen LogP contribution in [-0.4, -0.2) is 23.9 Å². The molecule has 21 heavy (non-hydrogen) atoms. The molecule has 3 rings (SSSR count). The molecule has 0 unspecified atom stereocenters. The number of aromatic carboxylic acids is 1. The SMILES string of the molecule is O=C(Nc1ccc2c(c1)OCO2)Nc1sccc1C(=O)O. The van der Waals surface area contributed by atoms with Crippen LogP contribution in [0.25, 0.3) is 0 Å². The van der Waals surface area contributed by atoms with Crippen LogP contribution in [-0.2, 0) is 0 Å². The van der Waals surface area contributed by atoms with Crippen molar-refractivity contribution in [2.75, 3.05) is 17.4 Å². The van der Waals surface area contributed by atoms with E-state index in [0.29, 0.717) is 17.2 Å². The van der Waals surface area contributed by atoms with Crippen molar-refractivity contribution < 1.29 is 24.2 Å². The molecule has 1 aromatic carbocycles. The first-order valence-corrected chi connectivity index (χ1v) is 6.80. The molecule has 0 aliphatic carbocycles. The van der Waals surface area contributed by atoms with Gasteiger partial charge in [0.05, 0.1) is 5.56 Å². The first kappa shape index (κ1) is 13.3. The van der Waals surface area contributed by atoms with E-state index in [0.717, 1.165) is 11.3 Å². The van der Waals surface area contributed by atoms with Crippen molar-refractivity contribution in [3.8, 4) is 11.5 Å². The fourth-order valence-corrected chi connectivity index (χ4v) is 2.59. The summed E-state index contributed by atoms with van der Waals surface area (Å²) in [5.74, 6) is 0.0807. The Morgan fingerprint density at radius 2 is 1.95 bits per heavy atom. The summed E-state index contributed by atoms with van der Waals surface area (Å²) in [5.41, 5.74) is 0.575. The molecule has 108 valence electrons. The number of carbonyl (C=O) groups is 2. The van der Waals surface area contributed by atoms with E-state index in [1.54, 1.807) is 23.6 Å². The highest BCUT2D eigenvalue weighted by molar-refractivity contribution is 7.14. The minimum atomic E-state index is -1.09. The van der Waals surface area contributed by atoms with Gasteiger partial charge in [0, 0.05) is 11.8 Å². The maximum atomic E-state index is 11.9. The number of carboxylic acids is 1. The molecule has 2 heterocycles. The van der Waals surface area contributed by atoms with Gasteiger partial charge in [-0.2, -0.15) is 0 Å². The van der Waals surface area contributed by atoms with Gasteiger partial charge in [-0.1, -0.05) is 0 Å². The number of amides is 2. The van der Waals surface area contributed by atoms with Gasteiger partial charge in [-0.25, -0.2) is 9.59 Å². The van der Waals surface area contributed by atoms with Crippen LogP contribution in [0.1, 0.15) is 10.4 Å². The van der Waals surface area contributed by atoms with Crippen LogP contribution in [0, 0.1) is 0 Å². The van der Waals surface area contributed by atoms with Crippen LogP contribution >= 0.6 is 11.3 Å². The lowest BCUT2D eigenvalue weighted by Crippen LogP contribution is -2.19. The monoisotopic (exact) mass is 306 g/mol. The number of carbonyl (C=O) groups excluding carboxylic acids is 1. The molecule has 0 spiro atoms. The minimum Gasteiger partial charge on any atom is -0.478 e. The van der Waals surface area contributed by atoms with E-state index >= 15 is 0 Å². The summed E-state index contributed by atoms with van der Waals surface area (Å²) in [6.45, 7) is 0.155. The summed E-state index contributed by atoms with van der Waals surface area (Å²) in [4.78, 5) is 22.8. The molecule has 8 heteroatoms. The number of carboxylic acid groups (broad SMARTS) is 1. The number of thiophene rings is 1. The quantitative estimate of drug-likeness (QED) is 0.810. The molecule has 2 amide bonds. The number of benzene rings is 1. The van der Waals surface area contributed by atoms with Crippen molar-refractivity contribution in [2.45, 2.75) is 0 Å². The van der Waals surface area contributed by atoms with Gasteiger partial charge >= 0.3 is 12.0 Å². The molecule has 1 aromatic heterocycles. The lowest BCUT2D eigenvalue weighted by atomic mass is 10.3. The van der Waals surface area contributed by atoms with Gasteiger partial charge in [-0.3, -0.25) is 5.32 Å². The predicted octanol–water partition coefficient (Wildman–Crippen LogP) is 2.82. The molecule has 0 radical (unpaired) electrons. The molecule has 7 nitrogen and oxygen atoms in total. The van der Waals surface area contributed by atoms with Crippen molar-refractivity contribution in [3.63, 3.8) is 0 Å². The maximum absolute atomic E-state index is 11.9. The van der Waals surface area contributed by atoms with Gasteiger partial charge in [-0.05, 0) is 23.6 Å². The third-order valence-electron chi connectivity index (χ3n) is 2.75. The highest BCUT2D eigenvalue weighted by atomic mass is 32.1. The average Bonchev–Trinajstić information content (AvgIpc) is 3.06. The van der Waals surface area contributed by atoms with Crippen molar-refractivity contribution in [1.82, 2.24) is 0 Å². The number of rotatable bonds is 3. The Morgan fingerprint density at radius 1 is 1.14 bits per heavy atom. The molecule has 3 N–H and O–H groups in total. The van der Waals surface area contributed by atoms with Gasteiger partial charge < -0.3 is 19.9 Å². The highest BCUT2D eigenvalue weighted by Gasteiger charge is 2.16. The molecule has 1 aliphatic rings.